The van der Waals surface area contributed by atoms with Crippen molar-refractivity contribution in [3.8, 4) is 11.5 Å². The van der Waals surface area contributed by atoms with Crippen LogP contribution in [0.4, 0.5) is 4.39 Å². The number of aromatic nitrogens is 1. The van der Waals surface area contributed by atoms with E-state index in [1.807, 2.05) is 6.92 Å². The average molecular weight is 385 g/mol. The number of amides is 2. The van der Waals surface area contributed by atoms with Crippen molar-refractivity contribution in [2.75, 3.05) is 13.7 Å². The number of halogens is 1. The van der Waals surface area contributed by atoms with Crippen LogP contribution in [0.25, 0.3) is 10.9 Å². The van der Waals surface area contributed by atoms with Crippen molar-refractivity contribution in [1.82, 2.24) is 15.8 Å². The van der Waals surface area contributed by atoms with E-state index < -0.39 is 17.6 Å². The van der Waals surface area contributed by atoms with E-state index in [1.165, 1.54) is 37.4 Å². The molecule has 3 aromatic rings. The molecule has 0 aliphatic heterocycles. The van der Waals surface area contributed by atoms with Gasteiger partial charge in [0, 0.05) is 16.5 Å². The summed E-state index contributed by atoms with van der Waals surface area (Å²) in [6, 6.07) is 10.4. The lowest BCUT2D eigenvalue weighted by molar-refractivity contribution is 0.0844. The maximum absolute atomic E-state index is 13.3. The fourth-order valence-electron chi connectivity index (χ4n) is 2.62. The van der Waals surface area contributed by atoms with E-state index in [0.717, 1.165) is 6.42 Å². The van der Waals surface area contributed by atoms with Crippen LogP contribution in [-0.4, -0.2) is 30.5 Å². The quantitative estimate of drug-likeness (QED) is 0.568. The summed E-state index contributed by atoms with van der Waals surface area (Å²) in [5, 5.41) is 0.559. The zero-order chi connectivity index (χ0) is 20.1. The summed E-state index contributed by atoms with van der Waals surface area (Å²) < 4.78 is 24.0. The molecule has 8 heteroatoms. The summed E-state index contributed by atoms with van der Waals surface area (Å²) in [6.45, 7) is 2.52. The zero-order valence-electron chi connectivity index (χ0n) is 15.5. The predicted octanol–water partition coefficient (Wildman–Crippen LogP) is 3.18. The van der Waals surface area contributed by atoms with Gasteiger partial charge in [-0.05, 0) is 48.9 Å². The van der Waals surface area contributed by atoms with Crippen LogP contribution in [0.1, 0.15) is 34.2 Å². The van der Waals surface area contributed by atoms with Gasteiger partial charge in [0.1, 0.15) is 11.5 Å². The molecule has 1 aromatic heterocycles. The second-order valence-corrected chi connectivity index (χ2v) is 6.04. The second kappa shape index (κ2) is 8.43. The van der Waals surface area contributed by atoms with Gasteiger partial charge in [-0.3, -0.25) is 20.4 Å². The van der Waals surface area contributed by atoms with Crippen molar-refractivity contribution >= 4 is 22.7 Å². The van der Waals surface area contributed by atoms with Crippen molar-refractivity contribution in [3.05, 3.63) is 59.5 Å². The van der Waals surface area contributed by atoms with Gasteiger partial charge in [0.25, 0.3) is 11.8 Å². The Hall–Kier alpha value is -3.55. The largest absolute Gasteiger partial charge is 0.493 e. The van der Waals surface area contributed by atoms with Crippen LogP contribution in [0.3, 0.4) is 0 Å². The monoisotopic (exact) mass is 385 g/mol. The number of hydrogen-bond donors (Lipinski definition) is 3. The number of ether oxygens (including phenoxy) is 2. The third kappa shape index (κ3) is 4.22. The number of rotatable bonds is 6. The SMILES string of the molecule is CCCOc1ccc(C(=O)NNC(=O)c2cc3cc(F)ccc3[nH]2)cc1OC. The number of hydrazine groups is 1. The van der Waals surface area contributed by atoms with E-state index >= 15 is 0 Å². The molecular formula is C20H20FN3O4. The molecule has 28 heavy (non-hydrogen) atoms. The van der Waals surface area contributed by atoms with E-state index in [1.54, 1.807) is 12.1 Å². The van der Waals surface area contributed by atoms with Crippen molar-refractivity contribution < 1.29 is 23.5 Å². The molecule has 0 unspecified atom stereocenters. The lowest BCUT2D eigenvalue weighted by atomic mass is 10.2. The zero-order valence-corrected chi connectivity index (χ0v) is 15.5. The molecule has 0 atom stereocenters. The Bertz CT molecular complexity index is 1020. The summed E-state index contributed by atoms with van der Waals surface area (Å²) in [5.41, 5.74) is 5.77. The smallest absolute Gasteiger partial charge is 0.286 e. The van der Waals surface area contributed by atoms with Gasteiger partial charge in [-0.15, -0.1) is 0 Å². The molecule has 0 radical (unpaired) electrons. The maximum Gasteiger partial charge on any atom is 0.286 e. The summed E-state index contributed by atoms with van der Waals surface area (Å²) >= 11 is 0. The van der Waals surface area contributed by atoms with Crippen LogP contribution in [-0.2, 0) is 0 Å². The van der Waals surface area contributed by atoms with Gasteiger partial charge in [0.15, 0.2) is 11.5 Å². The van der Waals surface area contributed by atoms with Crippen LogP contribution >= 0.6 is 0 Å². The van der Waals surface area contributed by atoms with E-state index in [-0.39, 0.29) is 5.69 Å². The highest BCUT2D eigenvalue weighted by Gasteiger charge is 2.14. The van der Waals surface area contributed by atoms with Crippen LogP contribution in [0.2, 0.25) is 0 Å². The Labute approximate surface area is 160 Å². The first kappa shape index (κ1) is 19.2. The predicted molar refractivity (Wildman–Crippen MR) is 102 cm³/mol. The van der Waals surface area contributed by atoms with E-state index in [9.17, 15) is 14.0 Å². The lowest BCUT2D eigenvalue weighted by Gasteiger charge is -2.12. The Morgan fingerprint density at radius 3 is 2.57 bits per heavy atom. The third-order valence-corrected chi connectivity index (χ3v) is 4.00. The molecule has 0 fully saturated rings. The van der Waals surface area contributed by atoms with E-state index in [2.05, 4.69) is 15.8 Å². The minimum atomic E-state index is -0.556. The van der Waals surface area contributed by atoms with Gasteiger partial charge >= 0.3 is 0 Å². The number of benzene rings is 2. The van der Waals surface area contributed by atoms with Gasteiger partial charge < -0.3 is 14.5 Å². The maximum atomic E-state index is 13.3. The van der Waals surface area contributed by atoms with Crippen LogP contribution < -0.4 is 20.3 Å². The number of carbonyl (C=O) groups is 2. The minimum Gasteiger partial charge on any atom is -0.493 e. The first-order chi connectivity index (χ1) is 13.5. The Balaban J connectivity index is 1.66. The van der Waals surface area contributed by atoms with Crippen LogP contribution in [0.5, 0.6) is 11.5 Å². The third-order valence-electron chi connectivity index (χ3n) is 4.00. The fourth-order valence-corrected chi connectivity index (χ4v) is 2.62. The topological polar surface area (TPSA) is 92.5 Å². The molecule has 0 saturated heterocycles. The van der Waals surface area contributed by atoms with E-state index in [4.69, 9.17) is 9.47 Å². The first-order valence-corrected chi connectivity index (χ1v) is 8.71. The number of fused-ring (bicyclic) bond motifs is 1. The summed E-state index contributed by atoms with van der Waals surface area (Å²) in [4.78, 5) is 27.4. The molecule has 0 aliphatic carbocycles. The Morgan fingerprint density at radius 1 is 1.04 bits per heavy atom. The highest BCUT2D eigenvalue weighted by Crippen LogP contribution is 2.28. The summed E-state index contributed by atoms with van der Waals surface area (Å²) in [5.74, 6) is -0.511. The van der Waals surface area contributed by atoms with Crippen molar-refractivity contribution in [1.29, 1.82) is 0 Å². The normalized spacial score (nSPS) is 10.5. The van der Waals surface area contributed by atoms with Gasteiger partial charge in [-0.1, -0.05) is 6.92 Å². The van der Waals surface area contributed by atoms with Crippen LogP contribution in [0, 0.1) is 5.82 Å². The molecule has 3 rings (SSSR count). The number of H-pyrrole nitrogens is 1. The molecule has 146 valence electrons. The van der Waals surface area contributed by atoms with Gasteiger partial charge in [-0.2, -0.15) is 0 Å². The van der Waals surface area contributed by atoms with Crippen molar-refractivity contribution in [3.63, 3.8) is 0 Å². The fraction of sp³-hybridized carbons (Fsp3) is 0.200. The molecule has 2 aromatic carbocycles. The number of nitrogens with one attached hydrogen (secondary N) is 3. The Morgan fingerprint density at radius 2 is 1.82 bits per heavy atom. The first-order valence-electron chi connectivity index (χ1n) is 8.71. The molecule has 1 heterocycles. The summed E-state index contributed by atoms with van der Waals surface area (Å²) in [6.07, 6.45) is 0.845. The van der Waals surface area contributed by atoms with Crippen molar-refractivity contribution in [2.45, 2.75) is 13.3 Å². The number of aromatic amines is 1. The van der Waals surface area contributed by atoms with Gasteiger partial charge in [0.05, 0.1) is 13.7 Å². The average Bonchev–Trinajstić information content (AvgIpc) is 3.13. The van der Waals surface area contributed by atoms with E-state index in [0.29, 0.717) is 34.6 Å². The lowest BCUT2D eigenvalue weighted by Crippen LogP contribution is -2.41. The van der Waals surface area contributed by atoms with Gasteiger partial charge in [0.2, 0.25) is 0 Å². The molecule has 0 saturated carbocycles. The molecule has 3 N–H and O–H groups in total. The molecule has 0 bridgehead atoms. The number of hydrogen-bond acceptors (Lipinski definition) is 4. The van der Waals surface area contributed by atoms with Gasteiger partial charge in [-0.25, -0.2) is 4.39 Å². The van der Waals surface area contributed by atoms with Crippen molar-refractivity contribution in [2.24, 2.45) is 0 Å². The number of methoxy groups -OCH3 is 1. The number of carbonyl (C=O) groups excluding carboxylic acids is 2. The molecular weight excluding hydrogens is 365 g/mol. The molecule has 7 nitrogen and oxygen atoms in total. The molecule has 0 aliphatic rings. The molecule has 2 amide bonds. The minimum absolute atomic E-state index is 0.196. The highest BCUT2D eigenvalue weighted by molar-refractivity contribution is 6.01. The van der Waals surface area contributed by atoms with Crippen LogP contribution in [0.15, 0.2) is 42.5 Å². The summed E-state index contributed by atoms with van der Waals surface area (Å²) in [7, 11) is 1.48. The second-order valence-electron chi connectivity index (χ2n) is 6.04. The highest BCUT2D eigenvalue weighted by atomic mass is 19.1. The molecule has 0 spiro atoms. The standard InChI is InChI=1S/C20H20FN3O4/c1-3-8-28-17-7-4-12(11-18(17)27-2)19(25)23-24-20(26)16-10-13-9-14(21)5-6-15(13)22-16/h4-7,9-11,22H,3,8H2,1-2H3,(H,23,25)(H,24,26). The Kier molecular flexibility index (Phi) is 5.78.